The fourth-order valence-corrected chi connectivity index (χ4v) is 2.49. The Bertz CT molecular complexity index is 1150. The van der Waals surface area contributed by atoms with Crippen LogP contribution in [0.2, 0.25) is 0 Å². The van der Waals surface area contributed by atoms with Crippen LogP contribution < -0.4 is 10.1 Å². The van der Waals surface area contributed by atoms with Gasteiger partial charge in [-0.25, -0.2) is 4.79 Å². The van der Waals surface area contributed by atoms with Crippen LogP contribution in [0.1, 0.15) is 29.0 Å². The summed E-state index contributed by atoms with van der Waals surface area (Å²) < 4.78 is 28.8. The van der Waals surface area contributed by atoms with E-state index in [1.165, 1.54) is 31.2 Å². The van der Waals surface area contributed by atoms with Crippen LogP contribution in [0.4, 0.5) is 15.8 Å². The number of benzene rings is 2. The zero-order chi connectivity index (χ0) is 23.3. The predicted molar refractivity (Wildman–Crippen MR) is 106 cm³/mol. The molecular weight excluding hydrogens is 427 g/mol. The summed E-state index contributed by atoms with van der Waals surface area (Å²) in [5.74, 6) is -1.30. The van der Waals surface area contributed by atoms with E-state index in [2.05, 4.69) is 15.5 Å². The van der Waals surface area contributed by atoms with Gasteiger partial charge in [0.1, 0.15) is 5.75 Å². The third-order valence-corrected chi connectivity index (χ3v) is 4.09. The number of hydrogen-bond acceptors (Lipinski definition) is 9. The number of aromatic nitrogens is 2. The van der Waals surface area contributed by atoms with E-state index in [1.807, 2.05) is 0 Å². The van der Waals surface area contributed by atoms with Gasteiger partial charge in [0, 0.05) is 18.7 Å². The smallest absolute Gasteiger partial charge is 0.338 e. The van der Waals surface area contributed by atoms with Crippen molar-refractivity contribution in [3.8, 4) is 5.75 Å². The predicted octanol–water partition coefficient (Wildman–Crippen LogP) is 3.19. The molecule has 11 nitrogen and oxygen atoms in total. The molecule has 1 atom stereocenters. The van der Waals surface area contributed by atoms with Gasteiger partial charge in [0.25, 0.3) is 5.91 Å². The van der Waals surface area contributed by atoms with Crippen molar-refractivity contribution in [1.29, 1.82) is 0 Å². The SMILES string of the molecule is Cc1nc(COc2ccc(C(=O)OC(C)C(=O)Nc3ccc(F)c([N+](=O)[O-])c3)cc2)no1. The fraction of sp³-hybridized carbons (Fsp3) is 0.200. The van der Waals surface area contributed by atoms with E-state index < -0.39 is 34.4 Å². The number of nitrogens with zero attached hydrogens (tertiary/aromatic N) is 3. The molecule has 2 aromatic carbocycles. The normalized spacial score (nSPS) is 11.5. The first-order valence-corrected chi connectivity index (χ1v) is 9.21. The van der Waals surface area contributed by atoms with Gasteiger partial charge >= 0.3 is 11.7 Å². The average Bonchev–Trinajstić information content (AvgIpc) is 3.18. The molecule has 0 radical (unpaired) electrons. The van der Waals surface area contributed by atoms with Crippen molar-refractivity contribution >= 4 is 23.3 Å². The number of aryl methyl sites for hydroxylation is 1. The van der Waals surface area contributed by atoms with Crippen LogP contribution in [-0.2, 0) is 16.1 Å². The number of nitro groups is 1. The van der Waals surface area contributed by atoms with Crippen molar-refractivity contribution in [2.45, 2.75) is 26.6 Å². The first kappa shape index (κ1) is 22.3. The largest absolute Gasteiger partial charge is 0.485 e. The highest BCUT2D eigenvalue weighted by Gasteiger charge is 2.21. The minimum Gasteiger partial charge on any atom is -0.485 e. The Hall–Kier alpha value is -4.35. The summed E-state index contributed by atoms with van der Waals surface area (Å²) in [4.78, 5) is 38.4. The minimum atomic E-state index is -1.22. The second-order valence-electron chi connectivity index (χ2n) is 6.50. The van der Waals surface area contributed by atoms with Gasteiger partial charge in [-0.1, -0.05) is 5.16 Å². The number of nitro benzene ring substituents is 1. The molecule has 3 rings (SSSR count). The van der Waals surface area contributed by atoms with E-state index >= 15 is 0 Å². The van der Waals surface area contributed by atoms with E-state index in [4.69, 9.17) is 14.0 Å². The Morgan fingerprint density at radius 2 is 1.97 bits per heavy atom. The molecule has 1 N–H and O–H groups in total. The van der Waals surface area contributed by atoms with Gasteiger partial charge in [-0.3, -0.25) is 14.9 Å². The number of nitrogens with one attached hydrogen (secondary N) is 1. The van der Waals surface area contributed by atoms with Gasteiger partial charge in [0.2, 0.25) is 17.5 Å². The van der Waals surface area contributed by atoms with Crippen molar-refractivity contribution in [3.63, 3.8) is 0 Å². The first-order valence-electron chi connectivity index (χ1n) is 9.21. The molecule has 0 aliphatic heterocycles. The molecule has 1 amide bonds. The maximum atomic E-state index is 13.4. The van der Waals surface area contributed by atoms with Crippen molar-refractivity contribution < 1.29 is 32.9 Å². The minimum absolute atomic E-state index is 0.00991. The Morgan fingerprint density at radius 1 is 1.25 bits per heavy atom. The van der Waals surface area contributed by atoms with Crippen LogP contribution in [0.15, 0.2) is 47.0 Å². The van der Waals surface area contributed by atoms with Crippen molar-refractivity contribution in [3.05, 3.63) is 75.7 Å². The lowest BCUT2D eigenvalue weighted by Crippen LogP contribution is -2.30. The summed E-state index contributed by atoms with van der Waals surface area (Å²) in [5.41, 5.74) is -0.627. The zero-order valence-corrected chi connectivity index (χ0v) is 16.9. The van der Waals surface area contributed by atoms with Crippen LogP contribution in [0, 0.1) is 22.9 Å². The van der Waals surface area contributed by atoms with Crippen molar-refractivity contribution in [2.24, 2.45) is 0 Å². The monoisotopic (exact) mass is 444 g/mol. The topological polar surface area (TPSA) is 147 Å². The maximum absolute atomic E-state index is 13.4. The number of halogens is 1. The Morgan fingerprint density at radius 3 is 2.59 bits per heavy atom. The van der Waals surface area contributed by atoms with Crippen LogP contribution in [0.3, 0.4) is 0 Å². The number of amides is 1. The van der Waals surface area contributed by atoms with E-state index in [9.17, 15) is 24.1 Å². The molecule has 0 saturated carbocycles. The Kier molecular flexibility index (Phi) is 6.73. The summed E-state index contributed by atoms with van der Waals surface area (Å²) in [7, 11) is 0. The van der Waals surface area contributed by atoms with Gasteiger partial charge < -0.3 is 19.3 Å². The third-order valence-electron chi connectivity index (χ3n) is 4.09. The zero-order valence-electron chi connectivity index (χ0n) is 16.9. The summed E-state index contributed by atoms with van der Waals surface area (Å²) in [6, 6.07) is 8.85. The molecule has 12 heteroatoms. The molecule has 32 heavy (non-hydrogen) atoms. The van der Waals surface area contributed by atoms with E-state index in [0.29, 0.717) is 17.5 Å². The number of esters is 1. The number of carbonyl (C=O) groups is 2. The second-order valence-corrected chi connectivity index (χ2v) is 6.50. The molecule has 0 spiro atoms. The lowest BCUT2D eigenvalue weighted by molar-refractivity contribution is -0.387. The molecule has 0 aliphatic carbocycles. The molecular formula is C20H17FN4O7. The number of ether oxygens (including phenoxy) is 2. The van der Waals surface area contributed by atoms with Crippen LogP contribution in [0.5, 0.6) is 5.75 Å². The maximum Gasteiger partial charge on any atom is 0.338 e. The van der Waals surface area contributed by atoms with E-state index in [-0.39, 0.29) is 17.9 Å². The van der Waals surface area contributed by atoms with Crippen molar-refractivity contribution in [1.82, 2.24) is 10.1 Å². The molecule has 1 aromatic heterocycles. The fourth-order valence-electron chi connectivity index (χ4n) is 2.49. The molecule has 1 unspecified atom stereocenters. The van der Waals surface area contributed by atoms with Crippen LogP contribution in [0.25, 0.3) is 0 Å². The van der Waals surface area contributed by atoms with Gasteiger partial charge in [-0.15, -0.1) is 0 Å². The highest BCUT2D eigenvalue weighted by atomic mass is 19.1. The quantitative estimate of drug-likeness (QED) is 0.314. The van der Waals surface area contributed by atoms with Crippen molar-refractivity contribution in [2.75, 3.05) is 5.32 Å². The summed E-state index contributed by atoms with van der Waals surface area (Å²) in [5, 5.41) is 16.8. The molecule has 3 aromatic rings. The first-order chi connectivity index (χ1) is 15.2. The summed E-state index contributed by atoms with van der Waals surface area (Å²) in [6.07, 6.45) is -1.22. The number of hydrogen-bond donors (Lipinski definition) is 1. The Balaban J connectivity index is 1.54. The lowest BCUT2D eigenvalue weighted by atomic mass is 10.2. The molecule has 0 aliphatic rings. The molecule has 0 fully saturated rings. The number of rotatable bonds is 8. The molecule has 1 heterocycles. The summed E-state index contributed by atoms with van der Waals surface area (Å²) >= 11 is 0. The van der Waals surface area contributed by atoms with Gasteiger partial charge in [0.15, 0.2) is 12.7 Å². The molecule has 166 valence electrons. The molecule has 0 bridgehead atoms. The van der Waals surface area contributed by atoms with Crippen LogP contribution >= 0.6 is 0 Å². The lowest BCUT2D eigenvalue weighted by Gasteiger charge is -2.14. The molecule has 0 saturated heterocycles. The Labute approximate surface area is 180 Å². The van der Waals surface area contributed by atoms with Gasteiger partial charge in [-0.2, -0.15) is 9.37 Å². The summed E-state index contributed by atoms with van der Waals surface area (Å²) in [6.45, 7) is 3.07. The van der Waals surface area contributed by atoms with E-state index in [1.54, 1.807) is 6.92 Å². The number of carbonyl (C=O) groups excluding carboxylic acids is 2. The van der Waals surface area contributed by atoms with Gasteiger partial charge in [-0.05, 0) is 43.3 Å². The highest BCUT2D eigenvalue weighted by molar-refractivity contribution is 5.97. The average molecular weight is 444 g/mol. The highest BCUT2D eigenvalue weighted by Crippen LogP contribution is 2.22. The van der Waals surface area contributed by atoms with E-state index in [0.717, 1.165) is 18.2 Å². The second kappa shape index (κ2) is 9.64. The standard InChI is InChI=1S/C20H17FN4O7/c1-11(19(26)23-14-5-8-16(21)17(9-14)25(28)29)31-20(27)13-3-6-15(7-4-13)30-10-18-22-12(2)32-24-18/h3-9,11H,10H2,1-2H3,(H,23,26). The van der Waals surface area contributed by atoms with Crippen LogP contribution in [-0.4, -0.2) is 33.0 Å². The van der Waals surface area contributed by atoms with Gasteiger partial charge in [0.05, 0.1) is 10.5 Å². The number of anilines is 1. The third kappa shape index (κ3) is 5.62.